The first-order valence-electron chi connectivity index (χ1n) is 6.15. The largest absolute Gasteiger partial charge is 0.444 e. The third kappa shape index (κ3) is 3.32. The molecular formula is C12H21F3N2O2. The Labute approximate surface area is 111 Å². The Balaban J connectivity index is 2.86. The third-order valence-corrected chi connectivity index (χ3v) is 3.44. The van der Waals surface area contributed by atoms with E-state index in [2.05, 4.69) is 0 Å². The smallest absolute Gasteiger partial charge is 0.410 e. The van der Waals surface area contributed by atoms with Crippen LogP contribution in [0.5, 0.6) is 0 Å². The summed E-state index contributed by atoms with van der Waals surface area (Å²) in [6.45, 7) is 5.57. The topological polar surface area (TPSA) is 55.6 Å². The predicted molar refractivity (Wildman–Crippen MR) is 64.5 cm³/mol. The molecule has 1 saturated heterocycles. The van der Waals surface area contributed by atoms with Crippen molar-refractivity contribution in [3.63, 3.8) is 0 Å². The van der Waals surface area contributed by atoms with Crippen molar-refractivity contribution in [3.05, 3.63) is 0 Å². The molecule has 19 heavy (non-hydrogen) atoms. The molecule has 1 aliphatic heterocycles. The van der Waals surface area contributed by atoms with E-state index in [0.29, 0.717) is 0 Å². The number of likely N-dealkylation sites (tertiary alicyclic amines) is 1. The number of carbonyl (C=O) groups is 1. The van der Waals surface area contributed by atoms with Gasteiger partial charge in [0, 0.05) is 19.0 Å². The summed E-state index contributed by atoms with van der Waals surface area (Å²) < 4.78 is 44.5. The molecule has 0 spiro atoms. The van der Waals surface area contributed by atoms with E-state index in [-0.39, 0.29) is 13.1 Å². The number of rotatable bonds is 1. The molecule has 0 bridgehead atoms. The van der Waals surface area contributed by atoms with Crippen LogP contribution in [0.15, 0.2) is 0 Å². The van der Waals surface area contributed by atoms with Crippen molar-refractivity contribution in [2.24, 2.45) is 17.1 Å². The highest BCUT2D eigenvalue weighted by Crippen LogP contribution is 2.48. The Kier molecular flexibility index (Phi) is 4.10. The Morgan fingerprint density at radius 1 is 1.42 bits per heavy atom. The lowest BCUT2D eigenvalue weighted by Gasteiger charge is -2.32. The maximum absolute atomic E-state index is 13.1. The molecule has 7 heteroatoms. The van der Waals surface area contributed by atoms with E-state index in [4.69, 9.17) is 10.5 Å². The van der Waals surface area contributed by atoms with Crippen LogP contribution in [0, 0.1) is 11.3 Å². The lowest BCUT2D eigenvalue weighted by atomic mass is 9.79. The number of hydrogen-bond acceptors (Lipinski definition) is 3. The minimum Gasteiger partial charge on any atom is -0.444 e. The van der Waals surface area contributed by atoms with Crippen molar-refractivity contribution in [2.45, 2.75) is 39.5 Å². The molecule has 0 aliphatic carbocycles. The van der Waals surface area contributed by atoms with E-state index >= 15 is 0 Å². The van der Waals surface area contributed by atoms with Crippen molar-refractivity contribution in [3.8, 4) is 0 Å². The SMILES string of the molecule is CC(C)(C)OC(=O)N1C[C@@H](CN)[C@](C)(C(F)(F)F)C1. The summed E-state index contributed by atoms with van der Waals surface area (Å²) >= 11 is 0. The van der Waals surface area contributed by atoms with E-state index in [1.165, 1.54) is 0 Å². The summed E-state index contributed by atoms with van der Waals surface area (Å²) in [4.78, 5) is 12.9. The first kappa shape index (κ1) is 16.1. The second-order valence-corrected chi connectivity index (χ2v) is 6.21. The zero-order valence-corrected chi connectivity index (χ0v) is 11.7. The van der Waals surface area contributed by atoms with Crippen LogP contribution in [0.25, 0.3) is 0 Å². The summed E-state index contributed by atoms with van der Waals surface area (Å²) in [5, 5.41) is 0. The number of hydrogen-bond donors (Lipinski definition) is 1. The molecule has 2 N–H and O–H groups in total. The lowest BCUT2D eigenvalue weighted by molar-refractivity contribution is -0.224. The van der Waals surface area contributed by atoms with E-state index in [1.54, 1.807) is 20.8 Å². The van der Waals surface area contributed by atoms with Gasteiger partial charge in [-0.3, -0.25) is 0 Å². The molecule has 1 amide bonds. The Hall–Kier alpha value is -0.980. The molecule has 0 unspecified atom stereocenters. The molecule has 0 aromatic heterocycles. The number of alkyl halides is 3. The van der Waals surface area contributed by atoms with E-state index in [1.807, 2.05) is 0 Å². The molecule has 0 radical (unpaired) electrons. The zero-order chi connectivity index (χ0) is 15.1. The fourth-order valence-corrected chi connectivity index (χ4v) is 2.18. The number of ether oxygens (including phenoxy) is 1. The average molecular weight is 282 g/mol. The monoisotopic (exact) mass is 282 g/mol. The van der Waals surface area contributed by atoms with Gasteiger partial charge in [-0.05, 0) is 34.2 Å². The van der Waals surface area contributed by atoms with Crippen molar-refractivity contribution >= 4 is 6.09 Å². The van der Waals surface area contributed by atoms with Crippen LogP contribution in [0.1, 0.15) is 27.7 Å². The highest BCUT2D eigenvalue weighted by Gasteiger charge is 2.60. The Bertz CT molecular complexity index is 352. The average Bonchev–Trinajstić information content (AvgIpc) is 2.53. The van der Waals surface area contributed by atoms with Gasteiger partial charge in [0.25, 0.3) is 0 Å². The molecule has 4 nitrogen and oxygen atoms in total. The molecule has 112 valence electrons. The summed E-state index contributed by atoms with van der Waals surface area (Å²) in [5.41, 5.74) is 2.71. The van der Waals surface area contributed by atoms with Crippen molar-refractivity contribution < 1.29 is 22.7 Å². The second kappa shape index (κ2) is 4.85. The third-order valence-electron chi connectivity index (χ3n) is 3.44. The fraction of sp³-hybridized carbons (Fsp3) is 0.917. The number of nitrogens with zero attached hydrogens (tertiary/aromatic N) is 1. The van der Waals surface area contributed by atoms with Crippen LogP contribution in [-0.2, 0) is 4.74 Å². The molecule has 0 aromatic rings. The van der Waals surface area contributed by atoms with Crippen molar-refractivity contribution in [1.82, 2.24) is 4.90 Å². The van der Waals surface area contributed by atoms with Gasteiger partial charge >= 0.3 is 12.3 Å². The van der Waals surface area contributed by atoms with Crippen molar-refractivity contribution in [2.75, 3.05) is 19.6 Å². The normalized spacial score (nSPS) is 28.6. The number of carbonyl (C=O) groups excluding carboxylic acids is 1. The van der Waals surface area contributed by atoms with E-state index in [9.17, 15) is 18.0 Å². The quantitative estimate of drug-likeness (QED) is 0.803. The molecule has 1 heterocycles. The minimum absolute atomic E-state index is 0.0264. The van der Waals surface area contributed by atoms with Crippen molar-refractivity contribution in [1.29, 1.82) is 0 Å². The molecule has 0 aromatic carbocycles. The summed E-state index contributed by atoms with van der Waals surface area (Å²) in [6.07, 6.45) is -5.12. The van der Waals surface area contributed by atoms with Gasteiger partial charge in [0.05, 0.1) is 5.41 Å². The maximum Gasteiger partial charge on any atom is 0.410 e. The van der Waals surface area contributed by atoms with E-state index in [0.717, 1.165) is 11.8 Å². The minimum atomic E-state index is -4.40. The fourth-order valence-electron chi connectivity index (χ4n) is 2.18. The molecular weight excluding hydrogens is 261 g/mol. The van der Waals surface area contributed by atoms with Gasteiger partial charge in [-0.2, -0.15) is 13.2 Å². The summed E-state index contributed by atoms with van der Waals surface area (Å²) in [7, 11) is 0. The zero-order valence-electron chi connectivity index (χ0n) is 11.7. The first-order chi connectivity index (χ1) is 8.40. The van der Waals surface area contributed by atoms with Crippen LogP contribution in [0.3, 0.4) is 0 Å². The summed E-state index contributed by atoms with van der Waals surface area (Å²) in [6, 6.07) is 0. The van der Waals surface area contributed by atoms with Gasteiger partial charge in [0.2, 0.25) is 0 Å². The molecule has 1 aliphatic rings. The van der Waals surface area contributed by atoms with Crippen LogP contribution < -0.4 is 5.73 Å². The number of amides is 1. The molecule has 2 atom stereocenters. The number of nitrogens with two attached hydrogens (primary N) is 1. The molecule has 1 rings (SSSR count). The standard InChI is InChI=1S/C12H21F3N2O2/c1-10(2,3)19-9(18)17-6-8(5-16)11(4,7-17)12(13,14)15/h8H,5-7,16H2,1-4H3/t8-,11-/m1/s1. The van der Waals surface area contributed by atoms with Gasteiger partial charge in [0.1, 0.15) is 5.60 Å². The van der Waals surface area contributed by atoms with Crippen LogP contribution in [0.2, 0.25) is 0 Å². The van der Waals surface area contributed by atoms with Gasteiger partial charge in [-0.1, -0.05) is 0 Å². The molecule has 0 saturated carbocycles. The predicted octanol–water partition coefficient (Wildman–Crippen LogP) is 2.38. The highest BCUT2D eigenvalue weighted by atomic mass is 19.4. The van der Waals surface area contributed by atoms with Gasteiger partial charge in [-0.15, -0.1) is 0 Å². The van der Waals surface area contributed by atoms with Crippen LogP contribution in [0.4, 0.5) is 18.0 Å². The number of halogens is 3. The second-order valence-electron chi connectivity index (χ2n) is 6.21. The van der Waals surface area contributed by atoms with Gasteiger partial charge < -0.3 is 15.4 Å². The van der Waals surface area contributed by atoms with Gasteiger partial charge in [0.15, 0.2) is 0 Å². The van der Waals surface area contributed by atoms with Gasteiger partial charge in [-0.25, -0.2) is 4.79 Å². The highest BCUT2D eigenvalue weighted by molar-refractivity contribution is 5.68. The summed E-state index contributed by atoms with van der Waals surface area (Å²) in [5.74, 6) is -0.806. The Morgan fingerprint density at radius 2 is 1.95 bits per heavy atom. The van der Waals surface area contributed by atoms with E-state index < -0.39 is 35.7 Å². The lowest BCUT2D eigenvalue weighted by Crippen LogP contribution is -2.45. The van der Waals surface area contributed by atoms with Crippen LogP contribution in [-0.4, -0.2) is 42.4 Å². The maximum atomic E-state index is 13.1. The first-order valence-corrected chi connectivity index (χ1v) is 6.15. The molecule has 1 fully saturated rings. The Morgan fingerprint density at radius 3 is 2.26 bits per heavy atom. The van der Waals surface area contributed by atoms with Crippen LogP contribution >= 0.6 is 0 Å².